The Morgan fingerprint density at radius 2 is 1.20 bits per heavy atom. The molecule has 7 heteroatoms. The summed E-state index contributed by atoms with van der Waals surface area (Å²) in [5.74, 6) is -1.82. The Balaban J connectivity index is 1.68. The number of nitrogens with zero attached hydrogens (tertiary/aromatic N) is 3. The van der Waals surface area contributed by atoms with Crippen LogP contribution in [0, 0.1) is 40.0 Å². The molecule has 0 unspecified atom stereocenters. The highest BCUT2D eigenvalue weighted by atomic mass is 16.6. The lowest BCUT2D eigenvalue weighted by Crippen LogP contribution is -2.53. The molecule has 0 saturated heterocycles. The summed E-state index contributed by atoms with van der Waals surface area (Å²) in [7, 11) is 0. The molecule has 230 valence electrons. The zero-order chi connectivity index (χ0) is 32.2. The molecule has 7 nitrogen and oxygen atoms in total. The molecule has 0 spiro atoms. The highest BCUT2D eigenvalue weighted by Crippen LogP contribution is 2.62. The number of rotatable bonds is 9. The molecule has 1 saturated carbocycles. The predicted octanol–water partition coefficient (Wildman–Crippen LogP) is 8.79. The molecule has 1 aliphatic carbocycles. The van der Waals surface area contributed by atoms with E-state index in [-0.39, 0.29) is 32.0 Å². The predicted molar refractivity (Wildman–Crippen MR) is 174 cm³/mol. The van der Waals surface area contributed by atoms with E-state index in [2.05, 4.69) is 10.0 Å². The van der Waals surface area contributed by atoms with Crippen LogP contribution in [0.15, 0.2) is 96.1 Å². The fraction of sp³-hybridized carbons (Fsp3) is 0.316. The molecule has 0 amide bonds. The first-order valence-corrected chi connectivity index (χ1v) is 15.3. The van der Waals surface area contributed by atoms with Crippen LogP contribution in [0.25, 0.3) is 10.4 Å². The van der Waals surface area contributed by atoms with E-state index in [9.17, 15) is 15.1 Å². The minimum atomic E-state index is -1.96. The highest BCUT2D eigenvalue weighted by molar-refractivity contribution is 6.03. The van der Waals surface area contributed by atoms with E-state index in [1.54, 1.807) is 0 Å². The molecule has 0 radical (unpaired) electrons. The molecule has 5 rings (SSSR count). The van der Waals surface area contributed by atoms with Crippen molar-refractivity contribution in [2.45, 2.75) is 72.1 Å². The summed E-state index contributed by atoms with van der Waals surface area (Å²) in [6, 6.07) is 28.9. The SMILES string of the molecule is Cc1ccc([C@@]2(N=[N+]=[N-])C[C@H](c3ccccc3)CC2(C(=O)OCc2c(C)cccc2C)C(=O)OCc2c(C)cccc2C)cc1. The van der Waals surface area contributed by atoms with Crippen molar-refractivity contribution >= 4 is 11.9 Å². The summed E-state index contributed by atoms with van der Waals surface area (Å²) in [6.45, 7) is 9.74. The summed E-state index contributed by atoms with van der Waals surface area (Å²) >= 11 is 0. The number of hydrogen-bond donors (Lipinski definition) is 0. The van der Waals surface area contributed by atoms with Crippen LogP contribution in [0.1, 0.15) is 68.8 Å². The second-order valence-corrected chi connectivity index (χ2v) is 12.2. The molecule has 0 bridgehead atoms. The van der Waals surface area contributed by atoms with Gasteiger partial charge in [-0.15, -0.1) is 0 Å². The van der Waals surface area contributed by atoms with Gasteiger partial charge in [0.05, 0.1) is 0 Å². The van der Waals surface area contributed by atoms with Gasteiger partial charge in [-0.05, 0) is 103 Å². The first kappa shape index (κ1) is 31.6. The van der Waals surface area contributed by atoms with Crippen molar-refractivity contribution in [3.05, 3.63) is 152 Å². The zero-order valence-electron chi connectivity index (χ0n) is 26.5. The number of benzene rings is 4. The molecule has 0 aromatic heterocycles. The van der Waals surface area contributed by atoms with Crippen LogP contribution < -0.4 is 0 Å². The van der Waals surface area contributed by atoms with E-state index in [0.717, 1.165) is 44.5 Å². The van der Waals surface area contributed by atoms with Crippen molar-refractivity contribution in [1.29, 1.82) is 0 Å². The third-order valence-corrected chi connectivity index (χ3v) is 9.50. The van der Waals surface area contributed by atoms with Crippen LogP contribution in [0.4, 0.5) is 0 Å². The highest BCUT2D eigenvalue weighted by Gasteiger charge is 2.69. The quantitative estimate of drug-likeness (QED) is 0.0629. The molecule has 0 heterocycles. The Morgan fingerprint density at radius 3 is 1.67 bits per heavy atom. The molecular formula is C38H39N3O4. The molecule has 4 aromatic carbocycles. The lowest BCUT2D eigenvalue weighted by atomic mass is 9.68. The summed E-state index contributed by atoms with van der Waals surface area (Å²) in [5.41, 5.74) is 14.6. The molecule has 4 aromatic rings. The average molecular weight is 602 g/mol. The monoisotopic (exact) mass is 601 g/mol. The minimum absolute atomic E-state index is 0.0283. The first-order valence-electron chi connectivity index (χ1n) is 15.3. The molecule has 1 aliphatic rings. The maximum atomic E-state index is 14.8. The van der Waals surface area contributed by atoms with Crippen LogP contribution in [0.3, 0.4) is 0 Å². The third-order valence-electron chi connectivity index (χ3n) is 9.50. The maximum absolute atomic E-state index is 14.8. The van der Waals surface area contributed by atoms with Gasteiger partial charge in [-0.2, -0.15) is 0 Å². The van der Waals surface area contributed by atoms with Gasteiger partial charge in [0, 0.05) is 4.91 Å². The molecule has 1 fully saturated rings. The van der Waals surface area contributed by atoms with Crippen LogP contribution >= 0.6 is 0 Å². The van der Waals surface area contributed by atoms with E-state index < -0.39 is 22.9 Å². The second kappa shape index (κ2) is 13.0. The van der Waals surface area contributed by atoms with Gasteiger partial charge in [0.25, 0.3) is 0 Å². The van der Waals surface area contributed by atoms with E-state index in [4.69, 9.17) is 9.47 Å². The normalized spacial score (nSPS) is 18.6. The molecule has 45 heavy (non-hydrogen) atoms. The zero-order valence-corrected chi connectivity index (χ0v) is 26.5. The summed E-state index contributed by atoms with van der Waals surface area (Å²) in [5, 5.41) is 4.39. The van der Waals surface area contributed by atoms with Crippen LogP contribution in [-0.2, 0) is 37.8 Å². The van der Waals surface area contributed by atoms with Gasteiger partial charge in [0.1, 0.15) is 18.8 Å². The van der Waals surface area contributed by atoms with Crippen molar-refractivity contribution in [2.24, 2.45) is 10.5 Å². The van der Waals surface area contributed by atoms with Gasteiger partial charge in [-0.1, -0.05) is 102 Å². The van der Waals surface area contributed by atoms with Crippen LogP contribution in [0.5, 0.6) is 0 Å². The van der Waals surface area contributed by atoms with Crippen molar-refractivity contribution in [3.63, 3.8) is 0 Å². The average Bonchev–Trinajstić information content (AvgIpc) is 3.38. The largest absolute Gasteiger partial charge is 0.460 e. The van der Waals surface area contributed by atoms with E-state index >= 15 is 0 Å². The topological polar surface area (TPSA) is 101 Å². The first-order chi connectivity index (χ1) is 21.6. The standard InChI is InChI=1S/C38H39N3O4/c1-25-17-19-32(20-18-25)38(40-41-39)22-31(30-15-7-6-8-16-30)21-37(38,35(42)44-23-33-26(2)11-9-12-27(33)3)36(43)45-24-34-28(4)13-10-14-29(34)5/h6-20,31H,21-24H2,1-5H3/t31-,38+/m1/s1. The van der Waals surface area contributed by atoms with Crippen molar-refractivity contribution in [3.8, 4) is 0 Å². The summed E-state index contributed by atoms with van der Waals surface area (Å²) in [6.07, 6.45) is 0.280. The fourth-order valence-electron chi connectivity index (χ4n) is 6.82. The van der Waals surface area contributed by atoms with Gasteiger partial charge in [-0.3, -0.25) is 9.59 Å². The minimum Gasteiger partial charge on any atom is -0.460 e. The summed E-state index contributed by atoms with van der Waals surface area (Å²) in [4.78, 5) is 32.8. The Kier molecular flexibility index (Phi) is 9.12. The number of hydrogen-bond acceptors (Lipinski definition) is 5. The Hall–Kier alpha value is -4.87. The number of carbonyl (C=O) groups excluding carboxylic acids is 2. The van der Waals surface area contributed by atoms with Gasteiger partial charge in [0.2, 0.25) is 0 Å². The number of ether oxygens (including phenoxy) is 2. The van der Waals surface area contributed by atoms with Crippen molar-refractivity contribution in [1.82, 2.24) is 0 Å². The number of aryl methyl sites for hydroxylation is 5. The van der Waals surface area contributed by atoms with Gasteiger partial charge < -0.3 is 9.47 Å². The Morgan fingerprint density at radius 1 is 0.711 bits per heavy atom. The maximum Gasteiger partial charge on any atom is 0.324 e. The van der Waals surface area contributed by atoms with E-state index in [1.807, 2.05) is 126 Å². The lowest BCUT2D eigenvalue weighted by molar-refractivity contribution is -0.179. The Labute approximate surface area is 264 Å². The number of azide groups is 1. The molecular weight excluding hydrogens is 562 g/mol. The van der Waals surface area contributed by atoms with Crippen LogP contribution in [-0.4, -0.2) is 11.9 Å². The molecule has 0 aliphatic heterocycles. The molecule has 2 atom stereocenters. The van der Waals surface area contributed by atoms with Crippen molar-refractivity contribution < 1.29 is 19.1 Å². The van der Waals surface area contributed by atoms with Crippen molar-refractivity contribution in [2.75, 3.05) is 0 Å². The van der Waals surface area contributed by atoms with Gasteiger partial charge in [-0.25, -0.2) is 0 Å². The summed E-state index contributed by atoms with van der Waals surface area (Å²) < 4.78 is 12.2. The third kappa shape index (κ3) is 5.84. The number of carbonyl (C=O) groups is 2. The second-order valence-electron chi connectivity index (χ2n) is 12.2. The number of esters is 2. The smallest absolute Gasteiger partial charge is 0.324 e. The molecule has 0 N–H and O–H groups in total. The van der Waals surface area contributed by atoms with Gasteiger partial charge >= 0.3 is 11.9 Å². The Bertz CT molecular complexity index is 1650. The van der Waals surface area contributed by atoms with E-state index in [1.165, 1.54) is 0 Å². The van der Waals surface area contributed by atoms with Gasteiger partial charge in [0.15, 0.2) is 5.41 Å². The fourth-order valence-corrected chi connectivity index (χ4v) is 6.82. The van der Waals surface area contributed by atoms with Crippen LogP contribution in [0.2, 0.25) is 0 Å². The lowest BCUT2D eigenvalue weighted by Gasteiger charge is -2.39. The van der Waals surface area contributed by atoms with E-state index in [0.29, 0.717) is 5.56 Å².